The maximum Gasteiger partial charge on any atom is 0.141 e. The Hall–Kier alpha value is -0.770. The highest BCUT2D eigenvalue weighted by Crippen LogP contribution is 2.34. The number of nitrogens with two attached hydrogens (primary N) is 1. The summed E-state index contributed by atoms with van der Waals surface area (Å²) in [6.45, 7) is 3.25. The van der Waals surface area contributed by atoms with Crippen LogP contribution < -0.4 is 10.6 Å². The molecule has 94 valence electrons. The van der Waals surface area contributed by atoms with Gasteiger partial charge in [0.2, 0.25) is 0 Å². The van der Waals surface area contributed by atoms with Gasteiger partial charge in [0, 0.05) is 6.42 Å². The maximum absolute atomic E-state index is 6.22. The Balaban J connectivity index is 2.12. The average Bonchev–Trinajstić information content (AvgIpc) is 3.08. The van der Waals surface area contributed by atoms with E-state index in [0.29, 0.717) is 17.5 Å². The molecule has 0 heterocycles. The Morgan fingerprint density at radius 3 is 2.82 bits per heavy atom. The predicted molar refractivity (Wildman–Crippen MR) is 68.3 cm³/mol. The lowest BCUT2D eigenvalue weighted by molar-refractivity contribution is 0.140. The quantitative estimate of drug-likeness (QED) is 0.795. The van der Waals surface area contributed by atoms with Crippen molar-refractivity contribution < 1.29 is 9.57 Å². The molecule has 1 aromatic carbocycles. The van der Waals surface area contributed by atoms with Gasteiger partial charge in [-0.2, -0.15) is 0 Å². The number of benzene rings is 1. The van der Waals surface area contributed by atoms with Crippen molar-refractivity contribution in [2.24, 2.45) is 11.8 Å². The van der Waals surface area contributed by atoms with Crippen LogP contribution >= 0.6 is 11.6 Å². The van der Waals surface area contributed by atoms with E-state index in [9.17, 15) is 0 Å². The third-order valence-corrected chi connectivity index (χ3v) is 3.20. The minimum Gasteiger partial charge on any atom is -0.491 e. The predicted octanol–water partition coefficient (Wildman–Crippen LogP) is 2.87. The molecule has 0 atom stereocenters. The topological polar surface area (TPSA) is 44.5 Å². The molecule has 0 aliphatic heterocycles. The van der Waals surface area contributed by atoms with E-state index in [1.165, 1.54) is 12.8 Å². The Morgan fingerprint density at radius 2 is 2.18 bits per heavy atom. The molecule has 0 amide bonds. The molecule has 17 heavy (non-hydrogen) atoms. The van der Waals surface area contributed by atoms with E-state index in [2.05, 4.69) is 10.9 Å². The van der Waals surface area contributed by atoms with Crippen molar-refractivity contribution in [1.82, 2.24) is 0 Å². The van der Waals surface area contributed by atoms with E-state index < -0.39 is 0 Å². The number of halogens is 1. The van der Waals surface area contributed by atoms with Crippen LogP contribution in [-0.2, 0) is 11.3 Å². The number of ether oxygens (including phenoxy) is 1. The second-order valence-corrected chi connectivity index (χ2v) is 5.02. The molecule has 0 radical (unpaired) electrons. The van der Waals surface area contributed by atoms with Crippen LogP contribution in [0.3, 0.4) is 0 Å². The van der Waals surface area contributed by atoms with Gasteiger partial charge in [0.05, 0.1) is 18.2 Å². The molecule has 3 nitrogen and oxygen atoms in total. The Bertz CT molecular complexity index is 391. The molecule has 0 spiro atoms. The molecule has 1 aliphatic rings. The van der Waals surface area contributed by atoms with Crippen molar-refractivity contribution in [3.8, 4) is 5.75 Å². The van der Waals surface area contributed by atoms with E-state index in [0.717, 1.165) is 29.9 Å². The first-order valence-corrected chi connectivity index (χ1v) is 6.32. The summed E-state index contributed by atoms with van der Waals surface area (Å²) in [6, 6.07) is 4.00. The van der Waals surface area contributed by atoms with E-state index >= 15 is 0 Å². The molecule has 0 saturated heterocycles. The maximum atomic E-state index is 6.22. The van der Waals surface area contributed by atoms with Crippen LogP contribution in [0.4, 0.5) is 0 Å². The van der Waals surface area contributed by atoms with Crippen molar-refractivity contribution in [3.05, 3.63) is 28.3 Å². The van der Waals surface area contributed by atoms with Crippen molar-refractivity contribution >= 4 is 11.6 Å². The summed E-state index contributed by atoms with van der Waals surface area (Å²) in [5, 5.41) is 0.678. The van der Waals surface area contributed by atoms with Gasteiger partial charge in [0.15, 0.2) is 0 Å². The summed E-state index contributed by atoms with van der Waals surface area (Å²) in [4.78, 5) is 4.62. The lowest BCUT2D eigenvalue weighted by atomic mass is 10.1. The van der Waals surface area contributed by atoms with Gasteiger partial charge in [-0.05, 0) is 42.9 Å². The van der Waals surface area contributed by atoms with Gasteiger partial charge in [0.1, 0.15) is 5.75 Å². The second-order valence-electron chi connectivity index (χ2n) is 4.61. The van der Waals surface area contributed by atoms with Gasteiger partial charge in [-0.15, -0.1) is 0 Å². The third-order valence-electron chi connectivity index (χ3n) is 2.91. The monoisotopic (exact) mass is 255 g/mol. The lowest BCUT2D eigenvalue weighted by Gasteiger charge is -2.14. The van der Waals surface area contributed by atoms with Gasteiger partial charge >= 0.3 is 0 Å². The largest absolute Gasteiger partial charge is 0.491 e. The first-order chi connectivity index (χ1) is 8.20. The normalized spacial score (nSPS) is 15.0. The van der Waals surface area contributed by atoms with Crippen molar-refractivity contribution in [1.29, 1.82) is 0 Å². The van der Waals surface area contributed by atoms with Gasteiger partial charge in [-0.25, -0.2) is 5.90 Å². The zero-order valence-corrected chi connectivity index (χ0v) is 10.8. The standard InChI is InChI=1S/C13H18ClNO2/c1-9-6-11(4-5-17-15)13(12(14)7-9)16-8-10-2-3-10/h6-7,10H,2-5,8,15H2,1H3. The third kappa shape index (κ3) is 3.60. The minimum atomic E-state index is 0.472. The second kappa shape index (κ2) is 5.71. The summed E-state index contributed by atoms with van der Waals surface area (Å²) in [5.74, 6) is 6.57. The fraction of sp³-hybridized carbons (Fsp3) is 0.538. The molecule has 1 aliphatic carbocycles. The molecule has 2 rings (SSSR count). The molecular formula is C13H18ClNO2. The Labute approximate surface area is 107 Å². The van der Waals surface area contributed by atoms with E-state index in [1.807, 2.05) is 13.0 Å². The summed E-state index contributed by atoms with van der Waals surface area (Å²) in [6.07, 6.45) is 3.26. The Morgan fingerprint density at radius 1 is 1.41 bits per heavy atom. The molecule has 1 saturated carbocycles. The number of aryl methyl sites for hydroxylation is 1. The zero-order chi connectivity index (χ0) is 12.3. The molecule has 2 N–H and O–H groups in total. The minimum absolute atomic E-state index is 0.472. The van der Waals surface area contributed by atoms with E-state index in [4.69, 9.17) is 22.2 Å². The highest BCUT2D eigenvalue weighted by Gasteiger charge is 2.23. The summed E-state index contributed by atoms with van der Waals surface area (Å²) in [5.41, 5.74) is 2.20. The van der Waals surface area contributed by atoms with Gasteiger partial charge < -0.3 is 9.57 Å². The van der Waals surface area contributed by atoms with Crippen LogP contribution in [0.15, 0.2) is 12.1 Å². The highest BCUT2D eigenvalue weighted by atomic mass is 35.5. The van der Waals surface area contributed by atoms with Crippen molar-refractivity contribution in [3.63, 3.8) is 0 Å². The smallest absolute Gasteiger partial charge is 0.141 e. The van der Waals surface area contributed by atoms with Crippen LogP contribution in [0.1, 0.15) is 24.0 Å². The van der Waals surface area contributed by atoms with Crippen molar-refractivity contribution in [2.75, 3.05) is 13.2 Å². The summed E-state index contributed by atoms with van der Waals surface area (Å²) >= 11 is 6.22. The van der Waals surface area contributed by atoms with E-state index in [1.54, 1.807) is 0 Å². The van der Waals surface area contributed by atoms with E-state index in [-0.39, 0.29) is 0 Å². The van der Waals surface area contributed by atoms with Crippen LogP contribution in [0.2, 0.25) is 5.02 Å². The molecule has 0 bridgehead atoms. The lowest BCUT2D eigenvalue weighted by Crippen LogP contribution is -2.07. The van der Waals surface area contributed by atoms with Crippen LogP contribution in [0.5, 0.6) is 5.75 Å². The van der Waals surface area contributed by atoms with Gasteiger partial charge in [-0.1, -0.05) is 17.7 Å². The van der Waals surface area contributed by atoms with Gasteiger partial charge in [-0.3, -0.25) is 0 Å². The molecule has 0 unspecified atom stereocenters. The van der Waals surface area contributed by atoms with Crippen LogP contribution in [0, 0.1) is 12.8 Å². The fourth-order valence-corrected chi connectivity index (χ4v) is 2.15. The average molecular weight is 256 g/mol. The first kappa shape index (κ1) is 12.7. The zero-order valence-electron chi connectivity index (χ0n) is 10.0. The molecule has 1 fully saturated rings. The fourth-order valence-electron chi connectivity index (χ4n) is 1.80. The van der Waals surface area contributed by atoms with Crippen LogP contribution in [-0.4, -0.2) is 13.2 Å². The van der Waals surface area contributed by atoms with Crippen LogP contribution in [0.25, 0.3) is 0 Å². The number of rotatable bonds is 6. The molecule has 0 aromatic heterocycles. The number of hydrogen-bond donors (Lipinski definition) is 1. The molecule has 1 aromatic rings. The SMILES string of the molecule is Cc1cc(Cl)c(OCC2CC2)c(CCON)c1. The summed E-state index contributed by atoms with van der Waals surface area (Å²) < 4.78 is 5.82. The first-order valence-electron chi connectivity index (χ1n) is 5.94. The number of hydrogen-bond acceptors (Lipinski definition) is 3. The van der Waals surface area contributed by atoms with Crippen molar-refractivity contribution in [2.45, 2.75) is 26.2 Å². The molecule has 4 heteroatoms. The highest BCUT2D eigenvalue weighted by molar-refractivity contribution is 6.32. The van der Waals surface area contributed by atoms with Gasteiger partial charge in [0.25, 0.3) is 0 Å². The summed E-state index contributed by atoms with van der Waals surface area (Å²) in [7, 11) is 0. The Kier molecular flexibility index (Phi) is 4.26. The molecular weight excluding hydrogens is 238 g/mol.